The van der Waals surface area contributed by atoms with Gasteiger partial charge in [-0.3, -0.25) is 0 Å². The molecule has 0 unspecified atom stereocenters. The van der Waals surface area contributed by atoms with Crippen LogP contribution in [0.1, 0.15) is 22.3 Å². The van der Waals surface area contributed by atoms with E-state index in [0.29, 0.717) is 0 Å². The topological polar surface area (TPSA) is 18.5 Å². The molecular weight excluding hydrogens is 456 g/mol. The highest BCUT2D eigenvalue weighted by Gasteiger charge is 2.12. The van der Waals surface area contributed by atoms with Gasteiger partial charge in [-0.15, -0.1) is 0 Å². The van der Waals surface area contributed by atoms with E-state index < -0.39 is 0 Å². The fraction of sp³-hybridized carbons (Fsp3) is 0.182. The molecule has 0 saturated heterocycles. The minimum absolute atomic E-state index is 0.797. The van der Waals surface area contributed by atoms with Crippen LogP contribution in [0.3, 0.4) is 0 Å². The molecule has 0 aliphatic rings. The molecule has 0 N–H and O–H groups in total. The van der Waals surface area contributed by atoms with Crippen LogP contribution < -0.4 is 9.47 Å². The molecule has 4 heteroatoms. The summed E-state index contributed by atoms with van der Waals surface area (Å²) >= 11 is 6.96. The van der Waals surface area contributed by atoms with Gasteiger partial charge in [0.25, 0.3) is 0 Å². The van der Waals surface area contributed by atoms with Gasteiger partial charge in [-0.25, -0.2) is 0 Å². The van der Waals surface area contributed by atoms with Gasteiger partial charge in [-0.2, -0.15) is 0 Å². The molecule has 0 heterocycles. The van der Waals surface area contributed by atoms with E-state index in [1.165, 1.54) is 11.1 Å². The van der Waals surface area contributed by atoms with E-state index in [2.05, 4.69) is 92.5 Å². The molecule has 0 aliphatic carbocycles. The Morgan fingerprint density at radius 2 is 0.962 bits per heavy atom. The summed E-state index contributed by atoms with van der Waals surface area (Å²) in [7, 11) is 3.44. The molecule has 0 fully saturated rings. The van der Waals surface area contributed by atoms with E-state index in [0.717, 1.165) is 44.4 Å². The van der Waals surface area contributed by atoms with Crippen LogP contribution in [-0.2, 0) is 12.8 Å². The maximum Gasteiger partial charge on any atom is 0.122 e. The van der Waals surface area contributed by atoms with Gasteiger partial charge in [0, 0.05) is 32.9 Å². The second kappa shape index (κ2) is 8.74. The van der Waals surface area contributed by atoms with Gasteiger partial charge in [-0.05, 0) is 47.5 Å². The lowest BCUT2D eigenvalue weighted by Crippen LogP contribution is -2.00. The van der Waals surface area contributed by atoms with Gasteiger partial charge in [0.15, 0.2) is 0 Å². The van der Waals surface area contributed by atoms with E-state index in [9.17, 15) is 0 Å². The monoisotopic (exact) mass is 474 g/mol. The fourth-order valence-electron chi connectivity index (χ4n) is 2.94. The Kier molecular flexibility index (Phi) is 6.38. The van der Waals surface area contributed by atoms with Crippen molar-refractivity contribution in [2.45, 2.75) is 12.8 Å². The molecule has 26 heavy (non-hydrogen) atoms. The summed E-state index contributed by atoms with van der Waals surface area (Å²) in [5.41, 5.74) is 4.70. The molecule has 0 bridgehead atoms. The number of hydrogen-bond donors (Lipinski definition) is 0. The van der Waals surface area contributed by atoms with Crippen LogP contribution in [-0.4, -0.2) is 14.2 Å². The van der Waals surface area contributed by atoms with Crippen molar-refractivity contribution in [2.75, 3.05) is 14.2 Å². The van der Waals surface area contributed by atoms with Crippen LogP contribution in [0, 0.1) is 0 Å². The summed E-state index contributed by atoms with van der Waals surface area (Å²) in [5.74, 6) is 1.78. The molecule has 2 nitrogen and oxygen atoms in total. The average Bonchev–Trinajstić information content (AvgIpc) is 2.66. The van der Waals surface area contributed by atoms with Gasteiger partial charge >= 0.3 is 0 Å². The molecule has 3 aromatic rings. The second-order valence-electron chi connectivity index (χ2n) is 6.08. The smallest absolute Gasteiger partial charge is 0.122 e. The maximum atomic E-state index is 5.67. The van der Waals surface area contributed by atoms with E-state index in [1.54, 1.807) is 14.2 Å². The molecule has 0 spiro atoms. The zero-order valence-corrected chi connectivity index (χ0v) is 17.9. The third-order valence-corrected chi connectivity index (χ3v) is 5.36. The number of halogens is 2. The van der Waals surface area contributed by atoms with Crippen molar-refractivity contribution >= 4 is 31.9 Å². The van der Waals surface area contributed by atoms with Crippen LogP contribution in [0.4, 0.5) is 0 Å². The first-order valence-corrected chi connectivity index (χ1v) is 9.90. The summed E-state index contributed by atoms with van der Waals surface area (Å²) in [6.07, 6.45) is 1.59. The lowest BCUT2D eigenvalue weighted by molar-refractivity contribution is 0.396. The highest BCUT2D eigenvalue weighted by atomic mass is 79.9. The number of methoxy groups -OCH3 is 2. The largest absolute Gasteiger partial charge is 0.496 e. The minimum atomic E-state index is 0.797. The van der Waals surface area contributed by atoms with Crippen molar-refractivity contribution in [1.82, 2.24) is 0 Å². The first-order valence-electron chi connectivity index (χ1n) is 8.31. The van der Waals surface area contributed by atoms with E-state index in [4.69, 9.17) is 9.47 Å². The zero-order valence-electron chi connectivity index (χ0n) is 14.8. The molecule has 3 aromatic carbocycles. The first kappa shape index (κ1) is 19.0. The highest BCUT2D eigenvalue weighted by molar-refractivity contribution is 9.10. The van der Waals surface area contributed by atoms with E-state index >= 15 is 0 Å². The lowest BCUT2D eigenvalue weighted by Gasteiger charge is -2.15. The average molecular weight is 476 g/mol. The Labute approximate surface area is 171 Å². The van der Waals surface area contributed by atoms with E-state index in [1.807, 2.05) is 0 Å². The number of hydrogen-bond acceptors (Lipinski definition) is 2. The molecule has 0 amide bonds. The van der Waals surface area contributed by atoms with Crippen LogP contribution in [0.2, 0.25) is 0 Å². The van der Waals surface area contributed by atoms with Crippen molar-refractivity contribution in [3.8, 4) is 11.5 Å². The van der Waals surface area contributed by atoms with Crippen LogP contribution >= 0.6 is 31.9 Å². The number of ether oxygens (including phenoxy) is 2. The Hall–Kier alpha value is -1.78. The normalized spacial score (nSPS) is 10.6. The fourth-order valence-corrected chi connectivity index (χ4v) is 3.47. The Morgan fingerprint density at radius 1 is 0.615 bits per heavy atom. The highest BCUT2D eigenvalue weighted by Crippen LogP contribution is 2.32. The number of benzene rings is 3. The minimum Gasteiger partial charge on any atom is -0.496 e. The Bertz CT molecular complexity index is 797. The molecular formula is C22H20Br2O2. The second-order valence-corrected chi connectivity index (χ2v) is 7.91. The summed E-state index contributed by atoms with van der Waals surface area (Å²) in [4.78, 5) is 0. The quantitative estimate of drug-likeness (QED) is 0.410. The first-order chi connectivity index (χ1) is 12.6. The van der Waals surface area contributed by atoms with Gasteiger partial charge in [0.05, 0.1) is 14.2 Å². The third-order valence-electron chi connectivity index (χ3n) is 4.30. The van der Waals surface area contributed by atoms with Crippen LogP contribution in [0.15, 0.2) is 69.6 Å². The van der Waals surface area contributed by atoms with Crippen molar-refractivity contribution in [2.24, 2.45) is 0 Å². The zero-order chi connectivity index (χ0) is 18.5. The molecule has 0 aromatic heterocycles. The third kappa shape index (κ3) is 4.68. The van der Waals surface area contributed by atoms with Gasteiger partial charge in [-0.1, -0.05) is 56.1 Å². The van der Waals surface area contributed by atoms with Gasteiger partial charge < -0.3 is 9.47 Å². The SMILES string of the molecule is COc1cc(Cc2ccc(Br)cc2)c(OC)cc1Cc1ccc(Br)cc1. The Morgan fingerprint density at radius 3 is 1.27 bits per heavy atom. The van der Waals surface area contributed by atoms with E-state index in [-0.39, 0.29) is 0 Å². The molecule has 0 radical (unpaired) electrons. The van der Waals surface area contributed by atoms with Crippen molar-refractivity contribution in [3.63, 3.8) is 0 Å². The summed E-state index contributed by atoms with van der Waals surface area (Å²) in [6.45, 7) is 0. The Balaban J connectivity index is 1.91. The predicted octanol–water partition coefficient (Wildman–Crippen LogP) is 6.41. The van der Waals surface area contributed by atoms with Crippen LogP contribution in [0.5, 0.6) is 11.5 Å². The molecule has 3 rings (SSSR count). The van der Waals surface area contributed by atoms with Crippen molar-refractivity contribution in [3.05, 3.63) is 91.9 Å². The molecule has 0 aliphatic heterocycles. The van der Waals surface area contributed by atoms with Crippen molar-refractivity contribution in [1.29, 1.82) is 0 Å². The predicted molar refractivity (Wildman–Crippen MR) is 113 cm³/mol. The molecule has 0 atom stereocenters. The standard InChI is InChI=1S/C22H20Br2O2/c1-25-21-13-18(12-16-5-9-20(24)10-6-16)22(26-2)14-17(21)11-15-3-7-19(23)8-4-15/h3-10,13-14H,11-12H2,1-2H3. The van der Waals surface area contributed by atoms with Crippen molar-refractivity contribution < 1.29 is 9.47 Å². The van der Waals surface area contributed by atoms with Gasteiger partial charge in [0.1, 0.15) is 11.5 Å². The lowest BCUT2D eigenvalue weighted by atomic mass is 9.98. The van der Waals surface area contributed by atoms with Gasteiger partial charge in [0.2, 0.25) is 0 Å². The molecule has 134 valence electrons. The summed E-state index contributed by atoms with van der Waals surface area (Å²) in [5, 5.41) is 0. The number of rotatable bonds is 6. The summed E-state index contributed by atoms with van der Waals surface area (Å²) in [6, 6.07) is 20.9. The summed E-state index contributed by atoms with van der Waals surface area (Å²) < 4.78 is 13.5. The maximum absolute atomic E-state index is 5.67. The van der Waals surface area contributed by atoms with Crippen LogP contribution in [0.25, 0.3) is 0 Å². The molecule has 0 saturated carbocycles.